The maximum absolute atomic E-state index is 13.8. The van der Waals surface area contributed by atoms with Gasteiger partial charge in [-0.3, -0.25) is 9.59 Å². The first-order chi connectivity index (χ1) is 12.4. The van der Waals surface area contributed by atoms with Crippen LogP contribution in [0.4, 0.5) is 0 Å². The zero-order valence-corrected chi connectivity index (χ0v) is 16.9. The van der Waals surface area contributed by atoms with E-state index in [4.69, 9.17) is 0 Å². The largest absolute Gasteiger partial charge is 0.341 e. The van der Waals surface area contributed by atoms with Gasteiger partial charge in [0.05, 0.1) is 8.99 Å². The predicted octanol–water partition coefficient (Wildman–Crippen LogP) is 3.41. The molecule has 4 rings (SSSR count). The number of carbonyl (C=O) groups excluding carboxylic acids is 2. The van der Waals surface area contributed by atoms with Crippen LogP contribution < -0.4 is 0 Å². The van der Waals surface area contributed by atoms with Crippen LogP contribution in [0, 0.1) is 23.2 Å². The number of allylic oxidation sites excluding steroid dienone is 1. The molecule has 1 heterocycles. The second-order valence-corrected chi connectivity index (χ2v) is 9.66. The van der Waals surface area contributed by atoms with E-state index in [-0.39, 0.29) is 23.2 Å². The molecule has 2 aliphatic carbocycles. The quantitative estimate of drug-likeness (QED) is 0.513. The standard InChI is InChI=1S/C21H21IN2O2/c1-14-18(25)16(12-23)11-20(17-5-3-2-4-6-17)19(26)24(13-15-7-8-15)10-9-21(14,20)22/h2-6,11,14-15H,7-10,13H2,1H3/t14-,20+,21-/m1/s1. The van der Waals surface area contributed by atoms with Gasteiger partial charge in [-0.25, -0.2) is 0 Å². The highest BCUT2D eigenvalue weighted by atomic mass is 127. The smallest absolute Gasteiger partial charge is 0.238 e. The summed E-state index contributed by atoms with van der Waals surface area (Å²) in [5.41, 5.74) is 0.0441. The van der Waals surface area contributed by atoms with E-state index in [1.807, 2.05) is 42.2 Å². The van der Waals surface area contributed by atoms with Gasteiger partial charge in [0.15, 0.2) is 5.78 Å². The summed E-state index contributed by atoms with van der Waals surface area (Å²) in [7, 11) is 0. The maximum Gasteiger partial charge on any atom is 0.238 e. The topological polar surface area (TPSA) is 61.2 Å². The highest BCUT2D eigenvalue weighted by Crippen LogP contribution is 2.57. The number of piperidine rings is 1. The van der Waals surface area contributed by atoms with Gasteiger partial charge >= 0.3 is 0 Å². The number of benzene rings is 1. The fraction of sp³-hybridized carbons (Fsp3) is 0.476. The molecule has 26 heavy (non-hydrogen) atoms. The molecule has 1 saturated carbocycles. The molecule has 1 amide bonds. The Labute approximate surface area is 167 Å². The van der Waals surface area contributed by atoms with Crippen LogP contribution in [0.3, 0.4) is 0 Å². The number of fused-ring (bicyclic) bond motifs is 1. The Morgan fingerprint density at radius 1 is 1.27 bits per heavy atom. The lowest BCUT2D eigenvalue weighted by Gasteiger charge is -2.55. The van der Waals surface area contributed by atoms with Gasteiger partial charge in [-0.1, -0.05) is 59.8 Å². The number of Topliss-reactive ketones (excluding diaryl/α,β-unsaturated/α-hetero) is 1. The summed E-state index contributed by atoms with van der Waals surface area (Å²) in [5.74, 6) is 0.130. The summed E-state index contributed by atoms with van der Waals surface area (Å²) in [6.45, 7) is 3.35. The Kier molecular flexibility index (Phi) is 4.22. The molecule has 0 radical (unpaired) electrons. The Morgan fingerprint density at radius 3 is 2.58 bits per heavy atom. The SMILES string of the molecule is C[C@@H]1C(=O)C(C#N)=C[C@]2(c3ccccc3)C(=O)N(CC3CC3)CC[C@@]12I. The Hall–Kier alpha value is -1.68. The summed E-state index contributed by atoms with van der Waals surface area (Å²) in [6.07, 6.45) is 4.80. The van der Waals surface area contributed by atoms with Gasteiger partial charge in [0.2, 0.25) is 5.91 Å². The molecule has 3 aliphatic rings. The third-order valence-corrected chi connectivity index (χ3v) is 8.58. The van der Waals surface area contributed by atoms with E-state index in [0.29, 0.717) is 12.5 Å². The Balaban J connectivity index is 1.94. The van der Waals surface area contributed by atoms with Crippen molar-refractivity contribution in [2.75, 3.05) is 13.1 Å². The van der Waals surface area contributed by atoms with Crippen molar-refractivity contribution in [1.82, 2.24) is 4.90 Å². The highest BCUT2D eigenvalue weighted by molar-refractivity contribution is 14.1. The van der Waals surface area contributed by atoms with Crippen LogP contribution in [0.15, 0.2) is 42.0 Å². The monoisotopic (exact) mass is 460 g/mol. The average molecular weight is 460 g/mol. The molecule has 5 heteroatoms. The molecular formula is C21H21IN2O2. The number of rotatable bonds is 3. The molecule has 1 aromatic carbocycles. The van der Waals surface area contributed by atoms with Gasteiger partial charge in [0.1, 0.15) is 11.5 Å². The van der Waals surface area contributed by atoms with E-state index >= 15 is 0 Å². The summed E-state index contributed by atoms with van der Waals surface area (Å²) in [4.78, 5) is 28.5. The van der Waals surface area contributed by atoms with Crippen LogP contribution in [-0.2, 0) is 15.0 Å². The molecule has 2 fully saturated rings. The minimum absolute atomic E-state index is 0.0448. The zero-order valence-electron chi connectivity index (χ0n) is 14.7. The van der Waals surface area contributed by atoms with Crippen molar-refractivity contribution in [2.45, 2.75) is 35.0 Å². The van der Waals surface area contributed by atoms with Gasteiger partial charge in [0, 0.05) is 19.0 Å². The number of likely N-dealkylation sites (tertiary alicyclic amines) is 1. The van der Waals surface area contributed by atoms with Crippen molar-refractivity contribution in [3.05, 3.63) is 47.5 Å². The highest BCUT2D eigenvalue weighted by Gasteiger charge is 2.65. The first-order valence-electron chi connectivity index (χ1n) is 9.15. The van der Waals surface area contributed by atoms with Gasteiger partial charge in [-0.15, -0.1) is 0 Å². The number of halogens is 1. The normalized spacial score (nSPS) is 34.1. The number of nitriles is 1. The average Bonchev–Trinajstić information content (AvgIpc) is 3.47. The van der Waals surface area contributed by atoms with Crippen molar-refractivity contribution < 1.29 is 9.59 Å². The molecule has 0 bridgehead atoms. The summed E-state index contributed by atoms with van der Waals surface area (Å²) in [5, 5.41) is 9.56. The number of hydrogen-bond acceptors (Lipinski definition) is 3. The van der Waals surface area contributed by atoms with Gasteiger partial charge in [0.25, 0.3) is 0 Å². The first kappa shape index (κ1) is 17.7. The summed E-state index contributed by atoms with van der Waals surface area (Å²) in [6, 6.07) is 11.8. The molecule has 1 aromatic rings. The lowest BCUT2D eigenvalue weighted by molar-refractivity contribution is -0.142. The van der Waals surface area contributed by atoms with E-state index < -0.39 is 8.84 Å². The molecule has 0 unspecified atom stereocenters. The minimum atomic E-state index is -0.958. The fourth-order valence-corrected chi connectivity index (χ4v) is 5.74. The molecular weight excluding hydrogens is 439 g/mol. The van der Waals surface area contributed by atoms with E-state index in [9.17, 15) is 14.9 Å². The molecule has 4 nitrogen and oxygen atoms in total. The minimum Gasteiger partial charge on any atom is -0.341 e. The fourth-order valence-electron chi connectivity index (χ4n) is 4.51. The van der Waals surface area contributed by atoms with Crippen molar-refractivity contribution in [1.29, 1.82) is 5.26 Å². The van der Waals surface area contributed by atoms with Crippen LogP contribution in [0.2, 0.25) is 0 Å². The lowest BCUT2D eigenvalue weighted by Crippen LogP contribution is -2.67. The predicted molar refractivity (Wildman–Crippen MR) is 107 cm³/mol. The second kappa shape index (κ2) is 6.19. The molecule has 3 atom stereocenters. The zero-order chi connectivity index (χ0) is 18.5. The van der Waals surface area contributed by atoms with E-state index in [1.54, 1.807) is 6.08 Å². The third-order valence-electron chi connectivity index (χ3n) is 6.26. The van der Waals surface area contributed by atoms with E-state index in [2.05, 4.69) is 28.7 Å². The van der Waals surface area contributed by atoms with Crippen LogP contribution >= 0.6 is 22.6 Å². The van der Waals surface area contributed by atoms with Gasteiger partial charge in [-0.2, -0.15) is 5.26 Å². The van der Waals surface area contributed by atoms with Crippen LogP contribution in [0.5, 0.6) is 0 Å². The number of hydrogen-bond donors (Lipinski definition) is 0. The van der Waals surface area contributed by atoms with Crippen molar-refractivity contribution >= 4 is 34.3 Å². The van der Waals surface area contributed by atoms with Gasteiger partial charge < -0.3 is 4.90 Å². The molecule has 0 spiro atoms. The molecule has 1 saturated heterocycles. The molecule has 0 N–H and O–H groups in total. The van der Waals surface area contributed by atoms with Crippen LogP contribution in [0.25, 0.3) is 0 Å². The lowest BCUT2D eigenvalue weighted by atomic mass is 9.57. The maximum atomic E-state index is 13.8. The summed E-state index contributed by atoms with van der Waals surface area (Å²) < 4.78 is -0.555. The molecule has 1 aliphatic heterocycles. The van der Waals surface area contributed by atoms with E-state index in [1.165, 1.54) is 12.8 Å². The van der Waals surface area contributed by atoms with Crippen molar-refractivity contribution in [2.24, 2.45) is 11.8 Å². The summed E-state index contributed by atoms with van der Waals surface area (Å²) >= 11 is 2.34. The number of ketones is 1. The van der Waals surface area contributed by atoms with E-state index in [0.717, 1.165) is 18.5 Å². The van der Waals surface area contributed by atoms with Crippen LogP contribution in [-0.4, -0.2) is 33.1 Å². The first-order valence-corrected chi connectivity index (χ1v) is 10.2. The van der Waals surface area contributed by atoms with Crippen molar-refractivity contribution in [3.63, 3.8) is 0 Å². The molecule has 0 aromatic heterocycles. The number of amides is 1. The van der Waals surface area contributed by atoms with Gasteiger partial charge in [-0.05, 0) is 36.8 Å². The number of alkyl halides is 1. The van der Waals surface area contributed by atoms with Crippen molar-refractivity contribution in [3.8, 4) is 6.07 Å². The van der Waals surface area contributed by atoms with Crippen LogP contribution in [0.1, 0.15) is 31.7 Å². The third kappa shape index (κ3) is 2.38. The second-order valence-electron chi connectivity index (χ2n) is 7.74. The molecule has 134 valence electrons. The number of carbonyl (C=O) groups is 2. The Morgan fingerprint density at radius 2 is 1.96 bits per heavy atom. The number of nitrogens with zero attached hydrogens (tertiary/aromatic N) is 2. The Bertz CT molecular complexity index is 839.